The molecule has 1 saturated heterocycles. The van der Waals surface area contributed by atoms with E-state index in [0.717, 1.165) is 45.1 Å². The summed E-state index contributed by atoms with van der Waals surface area (Å²) in [5.41, 5.74) is 1.47. The summed E-state index contributed by atoms with van der Waals surface area (Å²) in [6.45, 7) is 10.7. The molecule has 5 nitrogen and oxygen atoms in total. The van der Waals surface area contributed by atoms with Crippen molar-refractivity contribution in [3.05, 3.63) is 59.7 Å². The van der Waals surface area contributed by atoms with E-state index in [1.807, 2.05) is 24.4 Å². The molecule has 0 aliphatic carbocycles. The molecule has 2 aromatic rings. The van der Waals surface area contributed by atoms with Crippen molar-refractivity contribution < 1.29 is 14.2 Å². The van der Waals surface area contributed by atoms with E-state index in [-0.39, 0.29) is 18.0 Å². The molecule has 0 atom stereocenters. The van der Waals surface area contributed by atoms with Crippen LogP contribution in [0.3, 0.4) is 0 Å². The maximum Gasteiger partial charge on any atom is 0.128 e. The number of hydrogen-bond acceptors (Lipinski definition) is 4. The summed E-state index contributed by atoms with van der Waals surface area (Å²) in [4.78, 5) is 4.72. The summed E-state index contributed by atoms with van der Waals surface area (Å²) in [5.74, 6) is -0.179. The van der Waals surface area contributed by atoms with E-state index in [4.69, 9.17) is 4.74 Å². The molecule has 0 bridgehead atoms. The Morgan fingerprint density at radius 2 is 1.89 bits per heavy atom. The average Bonchev–Trinajstić information content (AvgIpc) is 3.14. The molecule has 1 aliphatic rings. The zero-order valence-corrected chi connectivity index (χ0v) is 17.0. The van der Waals surface area contributed by atoms with Crippen LogP contribution in [0.15, 0.2) is 42.6 Å². The summed E-state index contributed by atoms with van der Waals surface area (Å²) < 4.78 is 21.6. The highest BCUT2D eigenvalue weighted by Gasteiger charge is 2.27. The SMILES string of the molecule is CC(C)(CO)N(CCN1CCOCC1)Cc1cccn1Cc1ccccc1F. The van der Waals surface area contributed by atoms with Crippen LogP contribution in [0.25, 0.3) is 0 Å². The van der Waals surface area contributed by atoms with Crippen molar-refractivity contribution in [2.24, 2.45) is 0 Å². The van der Waals surface area contributed by atoms with Crippen molar-refractivity contribution in [2.45, 2.75) is 32.5 Å². The van der Waals surface area contributed by atoms with E-state index < -0.39 is 0 Å². The van der Waals surface area contributed by atoms with Crippen LogP contribution in [-0.4, -0.2) is 71.0 Å². The molecule has 0 unspecified atom stereocenters. The molecule has 154 valence electrons. The Morgan fingerprint density at radius 1 is 1.14 bits per heavy atom. The minimum absolute atomic E-state index is 0.0874. The van der Waals surface area contributed by atoms with Gasteiger partial charge < -0.3 is 14.4 Å². The lowest BCUT2D eigenvalue weighted by molar-refractivity contribution is 0.0114. The first kappa shape index (κ1) is 21.0. The van der Waals surface area contributed by atoms with Crippen molar-refractivity contribution in [3.8, 4) is 0 Å². The number of benzene rings is 1. The van der Waals surface area contributed by atoms with Crippen LogP contribution in [0.5, 0.6) is 0 Å². The van der Waals surface area contributed by atoms with Gasteiger partial charge in [-0.1, -0.05) is 18.2 Å². The van der Waals surface area contributed by atoms with Gasteiger partial charge >= 0.3 is 0 Å². The fraction of sp³-hybridized carbons (Fsp3) is 0.545. The number of aliphatic hydroxyl groups excluding tert-OH is 1. The van der Waals surface area contributed by atoms with Gasteiger partial charge in [0.1, 0.15) is 5.82 Å². The molecule has 1 fully saturated rings. The Balaban J connectivity index is 1.70. The topological polar surface area (TPSA) is 40.9 Å². The number of ether oxygens (including phenoxy) is 1. The molecule has 0 amide bonds. The molecular formula is C22H32FN3O2. The van der Waals surface area contributed by atoms with Gasteiger partial charge in [-0.3, -0.25) is 9.80 Å². The van der Waals surface area contributed by atoms with E-state index in [9.17, 15) is 9.50 Å². The Kier molecular flexibility index (Phi) is 7.24. The largest absolute Gasteiger partial charge is 0.394 e. The number of rotatable bonds is 9. The maximum atomic E-state index is 14.1. The third-order valence-electron chi connectivity index (χ3n) is 5.61. The zero-order valence-electron chi connectivity index (χ0n) is 17.0. The van der Waals surface area contributed by atoms with Crippen LogP contribution in [0.2, 0.25) is 0 Å². The highest BCUT2D eigenvalue weighted by Crippen LogP contribution is 2.19. The van der Waals surface area contributed by atoms with E-state index in [2.05, 4.69) is 34.3 Å². The second-order valence-corrected chi connectivity index (χ2v) is 8.06. The maximum absolute atomic E-state index is 14.1. The quantitative estimate of drug-likeness (QED) is 0.716. The van der Waals surface area contributed by atoms with Gasteiger partial charge in [-0.25, -0.2) is 4.39 Å². The monoisotopic (exact) mass is 389 g/mol. The Bertz CT molecular complexity index is 741. The Morgan fingerprint density at radius 3 is 2.61 bits per heavy atom. The zero-order chi connectivity index (χ0) is 20.0. The molecule has 2 heterocycles. The Hall–Kier alpha value is -1.73. The molecule has 3 rings (SSSR count). The molecule has 0 saturated carbocycles. The molecule has 0 spiro atoms. The fourth-order valence-electron chi connectivity index (χ4n) is 3.54. The summed E-state index contributed by atoms with van der Waals surface area (Å²) in [5, 5.41) is 9.94. The van der Waals surface area contributed by atoms with Gasteiger partial charge in [-0.05, 0) is 32.0 Å². The fourth-order valence-corrected chi connectivity index (χ4v) is 3.54. The van der Waals surface area contributed by atoms with Crippen LogP contribution in [0.4, 0.5) is 4.39 Å². The van der Waals surface area contributed by atoms with Crippen molar-refractivity contribution in [3.63, 3.8) is 0 Å². The molecule has 1 aromatic carbocycles. The molecule has 0 radical (unpaired) electrons. The first-order chi connectivity index (χ1) is 13.5. The van der Waals surface area contributed by atoms with Gasteiger partial charge in [0, 0.05) is 55.7 Å². The molecule has 1 aromatic heterocycles. The number of halogens is 1. The first-order valence-corrected chi connectivity index (χ1v) is 10.0. The van der Waals surface area contributed by atoms with Crippen molar-refractivity contribution in [2.75, 3.05) is 46.0 Å². The number of hydrogen-bond donors (Lipinski definition) is 1. The molecule has 6 heteroatoms. The lowest BCUT2D eigenvalue weighted by Crippen LogP contribution is -2.50. The summed E-state index contributed by atoms with van der Waals surface area (Å²) >= 11 is 0. The van der Waals surface area contributed by atoms with Gasteiger partial charge in [0.25, 0.3) is 0 Å². The number of morpholine rings is 1. The van der Waals surface area contributed by atoms with Crippen LogP contribution >= 0.6 is 0 Å². The van der Waals surface area contributed by atoms with E-state index in [0.29, 0.717) is 18.7 Å². The minimum Gasteiger partial charge on any atom is -0.394 e. The normalized spacial score (nSPS) is 16.0. The van der Waals surface area contributed by atoms with Gasteiger partial charge in [0.15, 0.2) is 0 Å². The predicted octanol–water partition coefficient (Wildman–Crippen LogP) is 2.58. The van der Waals surface area contributed by atoms with E-state index in [1.54, 1.807) is 6.07 Å². The molecule has 1 N–H and O–H groups in total. The highest BCUT2D eigenvalue weighted by atomic mass is 19.1. The van der Waals surface area contributed by atoms with Crippen LogP contribution in [-0.2, 0) is 17.8 Å². The number of nitrogens with zero attached hydrogens (tertiary/aromatic N) is 3. The van der Waals surface area contributed by atoms with Crippen molar-refractivity contribution >= 4 is 0 Å². The second kappa shape index (κ2) is 9.65. The van der Waals surface area contributed by atoms with E-state index >= 15 is 0 Å². The number of aromatic nitrogens is 1. The predicted molar refractivity (Wildman–Crippen MR) is 109 cm³/mol. The Labute approximate surface area is 167 Å². The van der Waals surface area contributed by atoms with Crippen molar-refractivity contribution in [1.29, 1.82) is 0 Å². The van der Waals surface area contributed by atoms with Crippen LogP contribution in [0, 0.1) is 5.82 Å². The number of aliphatic hydroxyl groups is 1. The van der Waals surface area contributed by atoms with Gasteiger partial charge in [-0.15, -0.1) is 0 Å². The van der Waals surface area contributed by atoms with Gasteiger partial charge in [0.05, 0.1) is 26.4 Å². The van der Waals surface area contributed by atoms with Crippen molar-refractivity contribution in [1.82, 2.24) is 14.4 Å². The van der Waals surface area contributed by atoms with Gasteiger partial charge in [-0.2, -0.15) is 0 Å². The smallest absolute Gasteiger partial charge is 0.128 e. The van der Waals surface area contributed by atoms with E-state index in [1.165, 1.54) is 6.07 Å². The minimum atomic E-state index is -0.334. The highest BCUT2D eigenvalue weighted by molar-refractivity contribution is 5.19. The average molecular weight is 390 g/mol. The molecule has 28 heavy (non-hydrogen) atoms. The van der Waals surface area contributed by atoms with Crippen LogP contribution < -0.4 is 0 Å². The lowest BCUT2D eigenvalue weighted by Gasteiger charge is -2.39. The summed E-state index contributed by atoms with van der Waals surface area (Å²) in [6, 6.07) is 11.0. The lowest BCUT2D eigenvalue weighted by atomic mass is 10.0. The standard InChI is InChI=1S/C22H32FN3O2/c1-22(2,18-27)26(11-10-24-12-14-28-15-13-24)17-20-7-5-9-25(20)16-19-6-3-4-8-21(19)23/h3-9,27H,10-18H2,1-2H3. The summed E-state index contributed by atoms with van der Waals surface area (Å²) in [6.07, 6.45) is 1.99. The van der Waals surface area contributed by atoms with Crippen LogP contribution in [0.1, 0.15) is 25.1 Å². The van der Waals surface area contributed by atoms with Gasteiger partial charge in [0.2, 0.25) is 0 Å². The second-order valence-electron chi connectivity index (χ2n) is 8.06. The third kappa shape index (κ3) is 5.41. The summed E-state index contributed by atoms with van der Waals surface area (Å²) in [7, 11) is 0. The first-order valence-electron chi connectivity index (χ1n) is 10.0. The molecular weight excluding hydrogens is 357 g/mol. The third-order valence-corrected chi connectivity index (χ3v) is 5.61. The molecule has 1 aliphatic heterocycles.